The minimum absolute atomic E-state index is 0.204. The second kappa shape index (κ2) is 4.51. The molecule has 0 amide bonds. The average Bonchev–Trinajstić information content (AvgIpc) is 2.58. The van der Waals surface area contributed by atoms with Gasteiger partial charge >= 0.3 is 0 Å². The number of rotatable bonds is 3. The molecule has 1 heteroatoms. The van der Waals surface area contributed by atoms with Gasteiger partial charge in [0.1, 0.15) is 5.78 Å². The molecule has 1 fully saturated rings. The summed E-state index contributed by atoms with van der Waals surface area (Å²) in [5, 5.41) is 0. The molecule has 1 unspecified atom stereocenters. The predicted molar refractivity (Wildman–Crippen MR) is 62.4 cm³/mol. The molecule has 1 saturated carbocycles. The van der Waals surface area contributed by atoms with Gasteiger partial charge in [-0.15, -0.1) is 0 Å². The largest absolute Gasteiger partial charge is 0.299 e. The molecule has 2 rings (SSSR count). The van der Waals surface area contributed by atoms with E-state index >= 15 is 0 Å². The van der Waals surface area contributed by atoms with Gasteiger partial charge in [-0.2, -0.15) is 0 Å². The molecule has 0 aliphatic heterocycles. The Morgan fingerprint density at radius 3 is 2.80 bits per heavy atom. The Hall–Kier alpha value is -0.590. The van der Waals surface area contributed by atoms with Crippen LogP contribution in [-0.2, 0) is 4.79 Å². The van der Waals surface area contributed by atoms with Crippen molar-refractivity contribution >= 4 is 5.78 Å². The Labute approximate surface area is 92.9 Å². The van der Waals surface area contributed by atoms with Gasteiger partial charge in [0.15, 0.2) is 0 Å². The Morgan fingerprint density at radius 2 is 2.20 bits per heavy atom. The van der Waals surface area contributed by atoms with Crippen molar-refractivity contribution in [2.45, 2.75) is 58.3 Å². The molecule has 15 heavy (non-hydrogen) atoms. The molecular formula is C14H21O. The van der Waals surface area contributed by atoms with E-state index in [1.807, 2.05) is 6.42 Å². The number of Topliss-reactive ketones (excluding diaryl/α,β-unsaturated/α-hetero) is 1. The summed E-state index contributed by atoms with van der Waals surface area (Å²) in [6.45, 7) is 2.24. The number of hydrogen-bond donors (Lipinski definition) is 0. The first kappa shape index (κ1) is 10.9. The molecule has 0 N–H and O–H groups in total. The van der Waals surface area contributed by atoms with E-state index in [4.69, 9.17) is 0 Å². The van der Waals surface area contributed by atoms with Gasteiger partial charge in [-0.05, 0) is 50.4 Å². The Bertz CT molecular complexity index is 277. The van der Waals surface area contributed by atoms with Crippen LogP contribution in [0.15, 0.2) is 11.6 Å². The number of ketones is 1. The molecule has 0 bridgehead atoms. The van der Waals surface area contributed by atoms with E-state index in [0.29, 0.717) is 5.78 Å². The molecule has 1 atom stereocenters. The first-order valence-electron chi connectivity index (χ1n) is 6.25. The number of carbonyl (C=O) groups is 1. The molecule has 0 aromatic carbocycles. The summed E-state index contributed by atoms with van der Waals surface area (Å²) in [6, 6.07) is 0. The lowest BCUT2D eigenvalue weighted by atomic mass is 9.81. The summed E-state index contributed by atoms with van der Waals surface area (Å²) in [4.78, 5) is 11.2. The van der Waals surface area contributed by atoms with E-state index in [-0.39, 0.29) is 5.41 Å². The SMILES string of the molecule is CC1(CCC2=CCCCC2)[CH]C(=O)CC1. The third-order valence-electron chi connectivity index (χ3n) is 3.85. The van der Waals surface area contributed by atoms with Gasteiger partial charge in [0, 0.05) is 12.8 Å². The van der Waals surface area contributed by atoms with Crippen molar-refractivity contribution in [3.63, 3.8) is 0 Å². The van der Waals surface area contributed by atoms with Crippen LogP contribution in [0.4, 0.5) is 0 Å². The molecule has 2 aliphatic carbocycles. The zero-order valence-electron chi connectivity index (χ0n) is 9.72. The van der Waals surface area contributed by atoms with Crippen molar-refractivity contribution in [1.82, 2.24) is 0 Å². The number of allylic oxidation sites excluding steroid dienone is 2. The van der Waals surface area contributed by atoms with Crippen LogP contribution in [0, 0.1) is 11.8 Å². The fourth-order valence-corrected chi connectivity index (χ4v) is 2.72. The fourth-order valence-electron chi connectivity index (χ4n) is 2.72. The summed E-state index contributed by atoms with van der Waals surface area (Å²) in [7, 11) is 0. The summed E-state index contributed by atoms with van der Waals surface area (Å²) in [5.41, 5.74) is 1.84. The van der Waals surface area contributed by atoms with Gasteiger partial charge in [0.05, 0.1) is 0 Å². The third-order valence-corrected chi connectivity index (χ3v) is 3.85. The van der Waals surface area contributed by atoms with E-state index in [1.54, 1.807) is 5.57 Å². The molecule has 0 aromatic rings. The van der Waals surface area contributed by atoms with Gasteiger partial charge < -0.3 is 0 Å². The zero-order chi connectivity index (χ0) is 10.7. The molecule has 0 saturated heterocycles. The van der Waals surface area contributed by atoms with Gasteiger partial charge in [-0.1, -0.05) is 18.6 Å². The monoisotopic (exact) mass is 205 g/mol. The van der Waals surface area contributed by atoms with Crippen molar-refractivity contribution in [2.75, 3.05) is 0 Å². The molecule has 1 nitrogen and oxygen atoms in total. The molecule has 1 radical (unpaired) electrons. The lowest BCUT2D eigenvalue weighted by Crippen LogP contribution is -2.13. The van der Waals surface area contributed by atoms with Crippen LogP contribution in [0.3, 0.4) is 0 Å². The van der Waals surface area contributed by atoms with Gasteiger partial charge in [0.2, 0.25) is 0 Å². The zero-order valence-corrected chi connectivity index (χ0v) is 9.72. The lowest BCUT2D eigenvalue weighted by Gasteiger charge is -2.23. The Kier molecular flexibility index (Phi) is 3.28. The summed E-state index contributed by atoms with van der Waals surface area (Å²) in [6.07, 6.45) is 13.9. The van der Waals surface area contributed by atoms with Crippen LogP contribution in [0.1, 0.15) is 58.3 Å². The summed E-state index contributed by atoms with van der Waals surface area (Å²) in [5.74, 6) is 0.357. The average molecular weight is 205 g/mol. The maximum absolute atomic E-state index is 11.2. The van der Waals surface area contributed by atoms with Crippen LogP contribution in [0.2, 0.25) is 0 Å². The Morgan fingerprint density at radius 1 is 1.33 bits per heavy atom. The smallest absolute Gasteiger partial charge is 0.137 e. The van der Waals surface area contributed by atoms with Crippen molar-refractivity contribution < 1.29 is 4.79 Å². The molecule has 0 heterocycles. The second-order valence-corrected chi connectivity index (χ2v) is 5.37. The predicted octanol–water partition coefficient (Wildman–Crippen LogP) is 3.84. The highest BCUT2D eigenvalue weighted by molar-refractivity contribution is 5.90. The van der Waals surface area contributed by atoms with Crippen LogP contribution in [0.25, 0.3) is 0 Å². The number of carbonyl (C=O) groups excluding carboxylic acids is 1. The van der Waals surface area contributed by atoms with E-state index in [0.717, 1.165) is 12.8 Å². The van der Waals surface area contributed by atoms with Gasteiger partial charge in [-0.3, -0.25) is 4.79 Å². The van der Waals surface area contributed by atoms with E-state index in [1.165, 1.54) is 38.5 Å². The number of hydrogen-bond acceptors (Lipinski definition) is 1. The quantitative estimate of drug-likeness (QED) is 0.640. The molecule has 2 aliphatic rings. The van der Waals surface area contributed by atoms with Gasteiger partial charge in [0.25, 0.3) is 0 Å². The van der Waals surface area contributed by atoms with Crippen LogP contribution in [0.5, 0.6) is 0 Å². The maximum Gasteiger partial charge on any atom is 0.137 e. The minimum Gasteiger partial charge on any atom is -0.299 e. The van der Waals surface area contributed by atoms with E-state index in [9.17, 15) is 4.79 Å². The standard InChI is InChI=1S/C14H21O/c1-14(10-8-13(15)11-14)9-7-12-5-3-2-4-6-12/h5,11H,2-4,6-10H2,1H3. The van der Waals surface area contributed by atoms with Crippen molar-refractivity contribution in [3.8, 4) is 0 Å². The lowest BCUT2D eigenvalue weighted by molar-refractivity contribution is -0.114. The Balaban J connectivity index is 1.82. The normalized spacial score (nSPS) is 31.8. The summed E-state index contributed by atoms with van der Waals surface area (Å²) < 4.78 is 0. The maximum atomic E-state index is 11.2. The van der Waals surface area contributed by atoms with E-state index < -0.39 is 0 Å². The van der Waals surface area contributed by atoms with Crippen molar-refractivity contribution in [2.24, 2.45) is 5.41 Å². The van der Waals surface area contributed by atoms with Crippen molar-refractivity contribution in [1.29, 1.82) is 0 Å². The summed E-state index contributed by atoms with van der Waals surface area (Å²) >= 11 is 0. The highest BCUT2D eigenvalue weighted by atomic mass is 16.1. The molecule has 0 spiro atoms. The van der Waals surface area contributed by atoms with Crippen molar-refractivity contribution in [3.05, 3.63) is 18.1 Å². The second-order valence-electron chi connectivity index (χ2n) is 5.37. The minimum atomic E-state index is 0.204. The third kappa shape index (κ3) is 2.93. The fraction of sp³-hybridized carbons (Fsp3) is 0.714. The molecule has 83 valence electrons. The highest BCUT2D eigenvalue weighted by Gasteiger charge is 2.33. The molecule has 0 aromatic heterocycles. The van der Waals surface area contributed by atoms with Crippen LogP contribution < -0.4 is 0 Å². The van der Waals surface area contributed by atoms with Crippen LogP contribution in [-0.4, -0.2) is 5.78 Å². The van der Waals surface area contributed by atoms with E-state index in [2.05, 4.69) is 13.0 Å². The van der Waals surface area contributed by atoms with Crippen LogP contribution >= 0.6 is 0 Å². The van der Waals surface area contributed by atoms with Gasteiger partial charge in [-0.25, -0.2) is 0 Å². The first-order valence-corrected chi connectivity index (χ1v) is 6.25. The topological polar surface area (TPSA) is 17.1 Å². The first-order chi connectivity index (χ1) is 7.18. The highest BCUT2D eigenvalue weighted by Crippen LogP contribution is 2.40. The molecular weight excluding hydrogens is 184 g/mol.